The van der Waals surface area contributed by atoms with Crippen molar-refractivity contribution in [3.05, 3.63) is 35.4 Å². The van der Waals surface area contributed by atoms with E-state index < -0.39 is 5.54 Å². The Kier molecular flexibility index (Phi) is 4.62. The average molecular weight is 316 g/mol. The Labute approximate surface area is 139 Å². The minimum Gasteiger partial charge on any atom is -0.445 e. The maximum Gasteiger partial charge on any atom is 0.408 e. The summed E-state index contributed by atoms with van der Waals surface area (Å²) in [6, 6.07) is 8.43. The van der Waals surface area contributed by atoms with Crippen LogP contribution in [0.1, 0.15) is 44.7 Å². The van der Waals surface area contributed by atoms with E-state index in [0.717, 1.165) is 44.5 Å². The monoisotopic (exact) mass is 316 g/mol. The van der Waals surface area contributed by atoms with Crippen molar-refractivity contribution >= 4 is 6.09 Å². The van der Waals surface area contributed by atoms with Crippen LogP contribution >= 0.6 is 0 Å². The number of hydrogen-bond donors (Lipinski definition) is 1. The SMILES string of the molecule is CCc1ccc(C(C)(C)NC(=O)OC2CN3CCC2CC3)cc1. The Morgan fingerprint density at radius 2 is 1.91 bits per heavy atom. The van der Waals surface area contributed by atoms with Gasteiger partial charge in [0.05, 0.1) is 5.54 Å². The molecule has 1 aromatic rings. The first-order valence-electron chi connectivity index (χ1n) is 8.78. The zero-order chi connectivity index (χ0) is 16.4. The molecule has 1 atom stereocenters. The van der Waals surface area contributed by atoms with Crippen LogP contribution in [0.15, 0.2) is 24.3 Å². The van der Waals surface area contributed by atoms with E-state index in [-0.39, 0.29) is 12.2 Å². The van der Waals surface area contributed by atoms with Crippen LogP contribution in [-0.4, -0.2) is 36.7 Å². The van der Waals surface area contributed by atoms with Crippen LogP contribution in [0, 0.1) is 5.92 Å². The van der Waals surface area contributed by atoms with Gasteiger partial charge in [0, 0.05) is 6.54 Å². The molecule has 3 saturated heterocycles. The molecular formula is C19H28N2O2. The van der Waals surface area contributed by atoms with Crippen LogP contribution in [0.4, 0.5) is 4.79 Å². The van der Waals surface area contributed by atoms with Gasteiger partial charge >= 0.3 is 6.09 Å². The van der Waals surface area contributed by atoms with Gasteiger partial charge in [-0.3, -0.25) is 4.90 Å². The summed E-state index contributed by atoms with van der Waals surface area (Å²) in [6.45, 7) is 9.38. The number of amides is 1. The summed E-state index contributed by atoms with van der Waals surface area (Å²) in [5, 5.41) is 3.04. The van der Waals surface area contributed by atoms with Gasteiger partial charge < -0.3 is 10.1 Å². The number of benzene rings is 1. The molecule has 3 fully saturated rings. The van der Waals surface area contributed by atoms with E-state index in [2.05, 4.69) is 41.4 Å². The van der Waals surface area contributed by atoms with E-state index in [9.17, 15) is 4.79 Å². The van der Waals surface area contributed by atoms with Gasteiger partial charge in [0.15, 0.2) is 0 Å². The summed E-state index contributed by atoms with van der Waals surface area (Å²) in [7, 11) is 0. The highest BCUT2D eigenvalue weighted by Gasteiger charge is 2.37. The Balaban J connectivity index is 1.59. The number of nitrogens with zero attached hydrogens (tertiary/aromatic N) is 1. The fourth-order valence-corrected chi connectivity index (χ4v) is 3.70. The first-order valence-corrected chi connectivity index (χ1v) is 8.78. The number of hydrogen-bond acceptors (Lipinski definition) is 3. The minimum atomic E-state index is -0.433. The third-order valence-electron chi connectivity index (χ3n) is 5.35. The highest BCUT2D eigenvalue weighted by molar-refractivity contribution is 5.69. The Morgan fingerprint density at radius 3 is 2.43 bits per heavy atom. The number of rotatable bonds is 4. The molecule has 4 heteroatoms. The van der Waals surface area contributed by atoms with Crippen LogP contribution in [0.5, 0.6) is 0 Å². The first-order chi connectivity index (χ1) is 11.0. The molecule has 1 amide bonds. The highest BCUT2D eigenvalue weighted by Crippen LogP contribution is 2.30. The van der Waals surface area contributed by atoms with E-state index in [0.29, 0.717) is 5.92 Å². The van der Waals surface area contributed by atoms with Crippen LogP contribution in [-0.2, 0) is 16.7 Å². The number of nitrogens with one attached hydrogen (secondary N) is 1. The molecule has 1 aromatic carbocycles. The topological polar surface area (TPSA) is 41.6 Å². The lowest BCUT2D eigenvalue weighted by Gasteiger charge is -2.44. The highest BCUT2D eigenvalue weighted by atomic mass is 16.6. The normalized spacial score (nSPS) is 26.8. The maximum absolute atomic E-state index is 12.3. The van der Waals surface area contributed by atoms with Gasteiger partial charge in [0.2, 0.25) is 0 Å². The number of piperidine rings is 3. The second kappa shape index (κ2) is 6.52. The molecular weight excluding hydrogens is 288 g/mol. The largest absolute Gasteiger partial charge is 0.445 e. The second-order valence-electron chi connectivity index (χ2n) is 7.38. The van der Waals surface area contributed by atoms with E-state index >= 15 is 0 Å². The smallest absolute Gasteiger partial charge is 0.408 e. The summed E-state index contributed by atoms with van der Waals surface area (Å²) in [5.41, 5.74) is 1.97. The Hall–Kier alpha value is -1.55. The fourth-order valence-electron chi connectivity index (χ4n) is 3.70. The maximum atomic E-state index is 12.3. The number of aryl methyl sites for hydroxylation is 1. The van der Waals surface area contributed by atoms with Crippen molar-refractivity contribution < 1.29 is 9.53 Å². The molecule has 1 N–H and O–H groups in total. The standard InChI is InChI=1S/C19H28N2O2/c1-4-14-5-7-16(8-6-14)19(2,3)20-18(22)23-17-13-21-11-9-15(17)10-12-21/h5-8,15,17H,4,9-13H2,1-3H3,(H,20,22). The molecule has 23 heavy (non-hydrogen) atoms. The molecule has 3 heterocycles. The molecule has 0 spiro atoms. The van der Waals surface area contributed by atoms with E-state index in [1.807, 2.05) is 13.8 Å². The number of carbonyl (C=O) groups is 1. The minimum absolute atomic E-state index is 0.0516. The Morgan fingerprint density at radius 1 is 1.26 bits per heavy atom. The summed E-state index contributed by atoms with van der Waals surface area (Å²) in [4.78, 5) is 14.7. The molecule has 0 radical (unpaired) electrons. The lowest BCUT2D eigenvalue weighted by molar-refractivity contribution is -0.0349. The molecule has 0 aromatic heterocycles. The number of alkyl carbamates (subject to hydrolysis) is 1. The molecule has 2 bridgehead atoms. The molecule has 4 nitrogen and oxygen atoms in total. The van der Waals surface area contributed by atoms with Gasteiger partial charge in [0.1, 0.15) is 6.10 Å². The first kappa shape index (κ1) is 16.3. The van der Waals surface area contributed by atoms with Crippen LogP contribution in [0.25, 0.3) is 0 Å². The zero-order valence-corrected chi connectivity index (χ0v) is 14.5. The quantitative estimate of drug-likeness (QED) is 0.926. The van der Waals surface area contributed by atoms with Crippen molar-refractivity contribution in [1.82, 2.24) is 10.2 Å². The number of ether oxygens (including phenoxy) is 1. The molecule has 0 saturated carbocycles. The molecule has 126 valence electrons. The summed E-state index contributed by atoms with van der Waals surface area (Å²) < 4.78 is 5.74. The fraction of sp³-hybridized carbons (Fsp3) is 0.632. The van der Waals surface area contributed by atoms with Crippen molar-refractivity contribution in [3.63, 3.8) is 0 Å². The van der Waals surface area contributed by atoms with Crippen molar-refractivity contribution in [2.45, 2.75) is 51.7 Å². The second-order valence-corrected chi connectivity index (χ2v) is 7.38. The lowest BCUT2D eigenvalue weighted by atomic mass is 9.86. The molecule has 4 rings (SSSR count). The predicted octanol–water partition coefficient (Wildman–Crippen LogP) is 3.30. The van der Waals surface area contributed by atoms with Gasteiger partial charge in [0.25, 0.3) is 0 Å². The van der Waals surface area contributed by atoms with Crippen LogP contribution in [0.3, 0.4) is 0 Å². The number of carbonyl (C=O) groups excluding carboxylic acids is 1. The van der Waals surface area contributed by atoms with Gasteiger partial charge in [-0.05, 0) is 63.2 Å². The van der Waals surface area contributed by atoms with Crippen LogP contribution in [0.2, 0.25) is 0 Å². The zero-order valence-electron chi connectivity index (χ0n) is 14.5. The van der Waals surface area contributed by atoms with Gasteiger partial charge in [-0.2, -0.15) is 0 Å². The van der Waals surface area contributed by atoms with Crippen molar-refractivity contribution in [2.24, 2.45) is 5.92 Å². The summed E-state index contributed by atoms with van der Waals surface area (Å²) >= 11 is 0. The summed E-state index contributed by atoms with van der Waals surface area (Å²) in [5.74, 6) is 0.540. The number of fused-ring (bicyclic) bond motifs is 3. The summed E-state index contributed by atoms with van der Waals surface area (Å²) in [6.07, 6.45) is 3.08. The molecule has 3 aliphatic rings. The third kappa shape index (κ3) is 3.69. The van der Waals surface area contributed by atoms with Crippen molar-refractivity contribution in [3.8, 4) is 0 Å². The molecule has 1 unspecified atom stereocenters. The van der Waals surface area contributed by atoms with Gasteiger partial charge in [-0.1, -0.05) is 31.2 Å². The van der Waals surface area contributed by atoms with Crippen LogP contribution < -0.4 is 5.32 Å². The predicted molar refractivity (Wildman–Crippen MR) is 91.4 cm³/mol. The van der Waals surface area contributed by atoms with Gasteiger partial charge in [-0.25, -0.2) is 4.79 Å². The average Bonchev–Trinajstić information content (AvgIpc) is 2.55. The Bertz CT molecular complexity index is 545. The molecule has 0 aliphatic carbocycles. The van der Waals surface area contributed by atoms with Gasteiger partial charge in [-0.15, -0.1) is 0 Å². The van der Waals surface area contributed by atoms with E-state index in [1.54, 1.807) is 0 Å². The third-order valence-corrected chi connectivity index (χ3v) is 5.35. The van der Waals surface area contributed by atoms with E-state index in [4.69, 9.17) is 4.74 Å². The van der Waals surface area contributed by atoms with Crippen molar-refractivity contribution in [1.29, 1.82) is 0 Å². The van der Waals surface area contributed by atoms with E-state index in [1.165, 1.54) is 5.56 Å². The molecule has 3 aliphatic heterocycles. The van der Waals surface area contributed by atoms with Crippen molar-refractivity contribution in [2.75, 3.05) is 19.6 Å². The lowest BCUT2D eigenvalue weighted by Crippen LogP contribution is -2.53.